The van der Waals surface area contributed by atoms with E-state index in [9.17, 15) is 4.79 Å². The van der Waals surface area contributed by atoms with Crippen LogP contribution in [0.15, 0.2) is 47.4 Å². The lowest BCUT2D eigenvalue weighted by Crippen LogP contribution is -2.33. The second-order valence-electron chi connectivity index (χ2n) is 6.42. The highest BCUT2D eigenvalue weighted by Crippen LogP contribution is 2.34. The minimum absolute atomic E-state index is 0.0760. The predicted octanol–water partition coefficient (Wildman–Crippen LogP) is 2.26. The van der Waals surface area contributed by atoms with Crippen molar-refractivity contribution < 1.29 is 0 Å². The molecule has 1 aliphatic rings. The summed E-state index contributed by atoms with van der Waals surface area (Å²) in [5.41, 5.74) is 3.80. The number of rotatable bonds is 2. The van der Waals surface area contributed by atoms with Crippen LogP contribution in [0.4, 0.5) is 11.4 Å². The molecule has 0 unspecified atom stereocenters. The van der Waals surface area contributed by atoms with Gasteiger partial charge in [0, 0.05) is 38.0 Å². The summed E-state index contributed by atoms with van der Waals surface area (Å²) in [7, 11) is 2.13. The molecule has 0 radical (unpaired) electrons. The number of nitrogens with zero attached hydrogens (tertiary/aromatic N) is 4. The molecule has 4 rings (SSSR count). The molecule has 24 heavy (non-hydrogen) atoms. The number of benzene rings is 1. The molecule has 6 heteroatoms. The Morgan fingerprint density at radius 3 is 2.88 bits per heavy atom. The Kier molecular flexibility index (Phi) is 3.52. The number of para-hydroxylation sites is 2. The molecule has 1 aliphatic heterocycles. The quantitative estimate of drug-likeness (QED) is 0.786. The molecule has 124 valence electrons. The Morgan fingerprint density at radius 1 is 1.25 bits per heavy atom. The summed E-state index contributed by atoms with van der Waals surface area (Å²) in [4.78, 5) is 21.5. The topological polar surface area (TPSA) is 56.6 Å². The molecule has 0 saturated carbocycles. The summed E-state index contributed by atoms with van der Waals surface area (Å²) in [5.74, 6) is 0. The Bertz CT molecular complexity index is 928. The molecule has 0 bridgehead atoms. The zero-order valence-electron chi connectivity index (χ0n) is 13.9. The molecular formula is C18H21N5O. The second kappa shape index (κ2) is 5.70. The molecule has 1 N–H and O–H groups in total. The summed E-state index contributed by atoms with van der Waals surface area (Å²) in [6, 6.07) is 12.2. The molecule has 0 spiro atoms. The van der Waals surface area contributed by atoms with Gasteiger partial charge in [-0.3, -0.25) is 9.89 Å². The summed E-state index contributed by atoms with van der Waals surface area (Å²) >= 11 is 0. The third-order valence-corrected chi connectivity index (χ3v) is 4.78. The average molecular weight is 323 g/mol. The van der Waals surface area contributed by atoms with E-state index in [-0.39, 0.29) is 5.56 Å². The largest absolute Gasteiger partial charge is 0.373 e. The van der Waals surface area contributed by atoms with Crippen LogP contribution in [0, 0.1) is 0 Å². The van der Waals surface area contributed by atoms with Gasteiger partial charge in [-0.15, -0.1) is 0 Å². The van der Waals surface area contributed by atoms with Crippen molar-refractivity contribution in [1.82, 2.24) is 14.6 Å². The van der Waals surface area contributed by atoms with Gasteiger partial charge >= 0.3 is 0 Å². The lowest BCUT2D eigenvalue weighted by molar-refractivity contribution is 0.596. The third kappa shape index (κ3) is 2.44. The molecule has 3 heterocycles. The minimum atomic E-state index is -0.0760. The molecule has 1 atom stereocenters. The van der Waals surface area contributed by atoms with Gasteiger partial charge in [-0.2, -0.15) is 0 Å². The molecule has 2 aromatic heterocycles. The van der Waals surface area contributed by atoms with Crippen molar-refractivity contribution in [3.8, 4) is 0 Å². The van der Waals surface area contributed by atoms with Gasteiger partial charge in [0.05, 0.1) is 23.6 Å². The average Bonchev–Trinajstić information content (AvgIpc) is 3.02. The van der Waals surface area contributed by atoms with Crippen LogP contribution in [-0.4, -0.2) is 34.2 Å². The Balaban J connectivity index is 1.76. The van der Waals surface area contributed by atoms with Crippen molar-refractivity contribution in [1.29, 1.82) is 0 Å². The van der Waals surface area contributed by atoms with Gasteiger partial charge in [0.2, 0.25) is 0 Å². The highest BCUT2D eigenvalue weighted by atomic mass is 16.1. The standard InChI is InChI=1S/C18H21N5O/c1-13-8-10-21(2)15-5-3-4-6-16(15)22(13)12-14-11-18(24)23-17(20-14)7-9-19-23/h3-7,9,11,13,19H,8,10,12H2,1-2H3/t13-/m0/s1. The number of hydrogen-bond acceptors (Lipinski definition) is 4. The van der Waals surface area contributed by atoms with E-state index in [2.05, 4.69) is 58.1 Å². The smallest absolute Gasteiger partial charge is 0.272 e. The van der Waals surface area contributed by atoms with Crippen LogP contribution in [0.25, 0.3) is 5.65 Å². The summed E-state index contributed by atoms with van der Waals surface area (Å²) in [5, 5.41) is 2.88. The molecule has 0 fully saturated rings. The SMILES string of the molecule is C[C@H]1CCN(C)c2ccccc2N1Cc1cc(=O)n2[nH]ccc2n1. The van der Waals surface area contributed by atoms with Crippen molar-refractivity contribution in [2.45, 2.75) is 25.9 Å². The number of nitrogens with one attached hydrogen (secondary N) is 1. The van der Waals surface area contributed by atoms with Gasteiger partial charge < -0.3 is 9.80 Å². The maximum absolute atomic E-state index is 12.2. The maximum atomic E-state index is 12.2. The van der Waals surface area contributed by atoms with Crippen molar-refractivity contribution in [3.05, 3.63) is 58.6 Å². The number of fused-ring (bicyclic) bond motifs is 2. The zero-order valence-corrected chi connectivity index (χ0v) is 13.9. The fourth-order valence-electron chi connectivity index (χ4n) is 3.40. The van der Waals surface area contributed by atoms with E-state index < -0.39 is 0 Å². The number of anilines is 2. The van der Waals surface area contributed by atoms with Gasteiger partial charge in [-0.1, -0.05) is 12.1 Å². The number of aromatic amines is 1. The van der Waals surface area contributed by atoms with Gasteiger partial charge in [0.25, 0.3) is 5.56 Å². The van der Waals surface area contributed by atoms with E-state index in [0.717, 1.165) is 18.7 Å². The number of aromatic nitrogens is 3. The first kappa shape index (κ1) is 14.8. The molecule has 0 saturated heterocycles. The Labute approximate surface area is 140 Å². The van der Waals surface area contributed by atoms with Gasteiger partial charge in [-0.25, -0.2) is 9.50 Å². The number of hydrogen-bond donors (Lipinski definition) is 1. The van der Waals surface area contributed by atoms with Crippen LogP contribution in [0.5, 0.6) is 0 Å². The molecule has 6 nitrogen and oxygen atoms in total. The predicted molar refractivity (Wildman–Crippen MR) is 95.8 cm³/mol. The fourth-order valence-corrected chi connectivity index (χ4v) is 3.40. The van der Waals surface area contributed by atoms with Crippen molar-refractivity contribution >= 4 is 17.0 Å². The highest BCUT2D eigenvalue weighted by Gasteiger charge is 2.24. The van der Waals surface area contributed by atoms with E-state index in [4.69, 9.17) is 0 Å². The Morgan fingerprint density at radius 2 is 2.04 bits per heavy atom. The van der Waals surface area contributed by atoms with Gasteiger partial charge in [0.15, 0.2) is 5.65 Å². The van der Waals surface area contributed by atoms with Crippen LogP contribution in [0.2, 0.25) is 0 Å². The zero-order chi connectivity index (χ0) is 16.7. The fraction of sp³-hybridized carbons (Fsp3) is 0.333. The summed E-state index contributed by atoms with van der Waals surface area (Å²) in [6.07, 6.45) is 2.79. The van der Waals surface area contributed by atoms with Gasteiger partial charge in [-0.05, 0) is 25.5 Å². The number of H-pyrrole nitrogens is 1. The first-order valence-corrected chi connectivity index (χ1v) is 8.26. The normalized spacial score (nSPS) is 17.8. The lowest BCUT2D eigenvalue weighted by Gasteiger charge is -2.30. The summed E-state index contributed by atoms with van der Waals surface area (Å²) < 4.78 is 1.46. The molecule has 1 aromatic carbocycles. The van der Waals surface area contributed by atoms with Gasteiger partial charge in [0.1, 0.15) is 0 Å². The van der Waals surface area contributed by atoms with Crippen LogP contribution < -0.4 is 15.4 Å². The van der Waals surface area contributed by atoms with Crippen molar-refractivity contribution in [3.63, 3.8) is 0 Å². The van der Waals surface area contributed by atoms with E-state index in [1.165, 1.54) is 15.9 Å². The second-order valence-corrected chi connectivity index (χ2v) is 6.42. The van der Waals surface area contributed by atoms with Crippen molar-refractivity contribution in [2.24, 2.45) is 0 Å². The van der Waals surface area contributed by atoms with E-state index in [0.29, 0.717) is 18.2 Å². The maximum Gasteiger partial charge on any atom is 0.272 e. The van der Waals surface area contributed by atoms with Crippen LogP contribution in [0.3, 0.4) is 0 Å². The lowest BCUT2D eigenvalue weighted by atomic mass is 10.1. The monoisotopic (exact) mass is 323 g/mol. The van der Waals surface area contributed by atoms with Crippen LogP contribution >= 0.6 is 0 Å². The minimum Gasteiger partial charge on any atom is -0.373 e. The van der Waals surface area contributed by atoms with Crippen LogP contribution in [0.1, 0.15) is 19.0 Å². The van der Waals surface area contributed by atoms with E-state index in [1.807, 2.05) is 6.07 Å². The molecule has 0 aliphatic carbocycles. The molecular weight excluding hydrogens is 302 g/mol. The van der Waals surface area contributed by atoms with Crippen molar-refractivity contribution in [2.75, 3.05) is 23.4 Å². The summed E-state index contributed by atoms with van der Waals surface area (Å²) in [6.45, 7) is 3.88. The van der Waals surface area contributed by atoms with Crippen LogP contribution in [-0.2, 0) is 6.54 Å². The molecule has 0 amide bonds. The third-order valence-electron chi connectivity index (χ3n) is 4.78. The highest BCUT2D eigenvalue weighted by molar-refractivity contribution is 5.72. The first-order chi connectivity index (χ1) is 11.6. The first-order valence-electron chi connectivity index (χ1n) is 8.26. The molecule has 3 aromatic rings. The Hall–Kier alpha value is -2.76. The van der Waals surface area contributed by atoms with E-state index >= 15 is 0 Å². The van der Waals surface area contributed by atoms with E-state index in [1.54, 1.807) is 12.3 Å².